The van der Waals surface area contributed by atoms with Gasteiger partial charge in [-0.15, -0.1) is 0 Å². The molecule has 0 atom stereocenters. The Kier molecular flexibility index (Phi) is 3.56. The number of aromatic nitrogens is 2. The monoisotopic (exact) mass is 222 g/mol. The molecule has 1 aliphatic rings. The van der Waals surface area contributed by atoms with Crippen LogP contribution in [0.25, 0.3) is 0 Å². The number of hydrogen-bond acceptors (Lipinski definition) is 3. The number of aromatic amines is 1. The van der Waals surface area contributed by atoms with Crippen LogP contribution in [0.1, 0.15) is 31.5 Å². The minimum Gasteiger partial charge on any atom is -0.349 e. The Labute approximate surface area is 94.8 Å². The van der Waals surface area contributed by atoms with Crippen molar-refractivity contribution in [2.45, 2.75) is 38.3 Å². The first-order chi connectivity index (χ1) is 7.75. The Morgan fingerprint density at radius 2 is 2.25 bits per heavy atom. The molecule has 0 aliphatic heterocycles. The maximum atomic E-state index is 11.8. The molecule has 0 spiro atoms. The quantitative estimate of drug-likeness (QED) is 0.698. The molecule has 0 bridgehead atoms. The van der Waals surface area contributed by atoms with Gasteiger partial charge in [0.1, 0.15) is 5.82 Å². The zero-order valence-corrected chi connectivity index (χ0v) is 9.28. The Hall–Kier alpha value is -1.36. The first-order valence-corrected chi connectivity index (χ1v) is 5.77. The molecule has 1 amide bonds. The predicted octanol–water partition coefficient (Wildman–Crippen LogP) is 0.543. The summed E-state index contributed by atoms with van der Waals surface area (Å²) in [6.07, 6.45) is 7.16. The third kappa shape index (κ3) is 2.82. The molecule has 1 aromatic heterocycles. The minimum absolute atomic E-state index is 0.128. The van der Waals surface area contributed by atoms with E-state index in [2.05, 4.69) is 15.3 Å². The SMILES string of the molecule is NC1CCC(C(=O)NCc2ncc[nH]2)CC1. The van der Waals surface area contributed by atoms with Gasteiger partial charge in [0.15, 0.2) is 0 Å². The van der Waals surface area contributed by atoms with E-state index in [4.69, 9.17) is 5.73 Å². The number of H-pyrrole nitrogens is 1. The molecule has 5 nitrogen and oxygen atoms in total. The Bertz CT molecular complexity index is 328. The van der Waals surface area contributed by atoms with Gasteiger partial charge in [0.25, 0.3) is 0 Å². The number of amides is 1. The standard InChI is InChI=1S/C11H18N4O/c12-9-3-1-8(2-4-9)11(16)15-7-10-13-5-6-14-10/h5-6,8-9H,1-4,7,12H2,(H,13,14)(H,15,16). The third-order valence-corrected chi connectivity index (χ3v) is 3.13. The molecule has 1 aromatic rings. The second kappa shape index (κ2) is 5.12. The average molecular weight is 222 g/mol. The summed E-state index contributed by atoms with van der Waals surface area (Å²) in [5.41, 5.74) is 5.80. The Morgan fingerprint density at radius 3 is 2.88 bits per heavy atom. The number of nitrogens with one attached hydrogen (secondary N) is 2. The second-order valence-corrected chi connectivity index (χ2v) is 4.37. The van der Waals surface area contributed by atoms with Crippen molar-refractivity contribution in [1.29, 1.82) is 0 Å². The lowest BCUT2D eigenvalue weighted by atomic mass is 9.86. The highest BCUT2D eigenvalue weighted by molar-refractivity contribution is 5.78. The van der Waals surface area contributed by atoms with Crippen molar-refractivity contribution < 1.29 is 4.79 Å². The first kappa shape index (κ1) is 11.1. The van der Waals surface area contributed by atoms with Crippen LogP contribution in [0.4, 0.5) is 0 Å². The molecule has 1 saturated carbocycles. The molecular weight excluding hydrogens is 204 g/mol. The number of carbonyl (C=O) groups excluding carboxylic acids is 1. The number of hydrogen-bond donors (Lipinski definition) is 3. The van der Waals surface area contributed by atoms with E-state index in [0.29, 0.717) is 6.54 Å². The van der Waals surface area contributed by atoms with Crippen molar-refractivity contribution in [2.75, 3.05) is 0 Å². The maximum absolute atomic E-state index is 11.8. The van der Waals surface area contributed by atoms with Gasteiger partial charge in [0.05, 0.1) is 6.54 Å². The van der Waals surface area contributed by atoms with E-state index in [0.717, 1.165) is 31.5 Å². The van der Waals surface area contributed by atoms with E-state index in [1.165, 1.54) is 0 Å². The van der Waals surface area contributed by atoms with Crippen molar-refractivity contribution >= 4 is 5.91 Å². The minimum atomic E-state index is 0.128. The molecule has 0 unspecified atom stereocenters. The molecular formula is C11H18N4O. The van der Waals surface area contributed by atoms with E-state index in [9.17, 15) is 4.79 Å². The highest BCUT2D eigenvalue weighted by Crippen LogP contribution is 2.23. The Balaban J connectivity index is 1.75. The second-order valence-electron chi connectivity index (χ2n) is 4.37. The fraction of sp³-hybridized carbons (Fsp3) is 0.636. The van der Waals surface area contributed by atoms with E-state index in [-0.39, 0.29) is 17.9 Å². The summed E-state index contributed by atoms with van der Waals surface area (Å²) in [7, 11) is 0. The van der Waals surface area contributed by atoms with E-state index in [1.54, 1.807) is 12.4 Å². The van der Waals surface area contributed by atoms with Gasteiger partial charge in [0, 0.05) is 24.4 Å². The van der Waals surface area contributed by atoms with Crippen molar-refractivity contribution in [1.82, 2.24) is 15.3 Å². The number of rotatable bonds is 3. The number of imidazole rings is 1. The molecule has 88 valence electrons. The lowest BCUT2D eigenvalue weighted by Crippen LogP contribution is -2.36. The third-order valence-electron chi connectivity index (χ3n) is 3.13. The lowest BCUT2D eigenvalue weighted by molar-refractivity contribution is -0.126. The van der Waals surface area contributed by atoms with Crippen LogP contribution in [-0.2, 0) is 11.3 Å². The summed E-state index contributed by atoms with van der Waals surface area (Å²) in [4.78, 5) is 18.8. The molecule has 1 heterocycles. The lowest BCUT2D eigenvalue weighted by Gasteiger charge is -2.24. The summed E-state index contributed by atoms with van der Waals surface area (Å²) in [6, 6.07) is 0.286. The van der Waals surface area contributed by atoms with Crippen LogP contribution >= 0.6 is 0 Å². The van der Waals surface area contributed by atoms with Crippen molar-refractivity contribution in [2.24, 2.45) is 11.7 Å². The van der Waals surface area contributed by atoms with Gasteiger partial charge >= 0.3 is 0 Å². The molecule has 0 radical (unpaired) electrons. The summed E-state index contributed by atoms with van der Waals surface area (Å²) in [5, 5.41) is 2.90. The number of nitrogens with zero attached hydrogens (tertiary/aromatic N) is 1. The zero-order valence-electron chi connectivity index (χ0n) is 9.28. The van der Waals surface area contributed by atoms with Gasteiger partial charge in [-0.2, -0.15) is 0 Å². The normalized spacial score (nSPS) is 25.3. The van der Waals surface area contributed by atoms with Gasteiger partial charge in [-0.25, -0.2) is 4.98 Å². The number of nitrogens with two attached hydrogens (primary N) is 1. The van der Waals surface area contributed by atoms with E-state index < -0.39 is 0 Å². The molecule has 0 saturated heterocycles. The summed E-state index contributed by atoms with van der Waals surface area (Å²) in [5.74, 6) is 1.05. The summed E-state index contributed by atoms with van der Waals surface area (Å²) >= 11 is 0. The van der Waals surface area contributed by atoms with E-state index in [1.807, 2.05) is 0 Å². The van der Waals surface area contributed by atoms with E-state index >= 15 is 0 Å². The first-order valence-electron chi connectivity index (χ1n) is 5.77. The van der Waals surface area contributed by atoms with Crippen LogP contribution in [0, 0.1) is 5.92 Å². The van der Waals surface area contributed by atoms with Crippen LogP contribution in [0.3, 0.4) is 0 Å². The van der Waals surface area contributed by atoms with Crippen molar-refractivity contribution in [3.05, 3.63) is 18.2 Å². The fourth-order valence-corrected chi connectivity index (χ4v) is 2.09. The van der Waals surface area contributed by atoms with Crippen LogP contribution in [0.5, 0.6) is 0 Å². The van der Waals surface area contributed by atoms with Crippen LogP contribution in [-0.4, -0.2) is 21.9 Å². The van der Waals surface area contributed by atoms with Crippen LogP contribution in [0.15, 0.2) is 12.4 Å². The number of carbonyl (C=O) groups is 1. The van der Waals surface area contributed by atoms with Gasteiger partial charge in [0.2, 0.25) is 5.91 Å². The fourth-order valence-electron chi connectivity index (χ4n) is 2.09. The summed E-state index contributed by atoms with van der Waals surface area (Å²) in [6.45, 7) is 0.481. The van der Waals surface area contributed by atoms with Gasteiger partial charge in [-0.1, -0.05) is 0 Å². The molecule has 0 aromatic carbocycles. The highest BCUT2D eigenvalue weighted by Gasteiger charge is 2.24. The van der Waals surface area contributed by atoms with Crippen LogP contribution in [0.2, 0.25) is 0 Å². The van der Waals surface area contributed by atoms with Crippen LogP contribution < -0.4 is 11.1 Å². The van der Waals surface area contributed by atoms with Gasteiger partial charge in [-0.3, -0.25) is 4.79 Å². The molecule has 5 heteroatoms. The topological polar surface area (TPSA) is 83.8 Å². The molecule has 1 fully saturated rings. The highest BCUT2D eigenvalue weighted by atomic mass is 16.1. The van der Waals surface area contributed by atoms with Crippen molar-refractivity contribution in [3.8, 4) is 0 Å². The van der Waals surface area contributed by atoms with Gasteiger partial charge < -0.3 is 16.0 Å². The molecule has 16 heavy (non-hydrogen) atoms. The smallest absolute Gasteiger partial charge is 0.223 e. The van der Waals surface area contributed by atoms with Gasteiger partial charge in [-0.05, 0) is 25.7 Å². The Morgan fingerprint density at radius 1 is 1.50 bits per heavy atom. The predicted molar refractivity (Wildman–Crippen MR) is 60.4 cm³/mol. The van der Waals surface area contributed by atoms with Crippen molar-refractivity contribution in [3.63, 3.8) is 0 Å². The molecule has 2 rings (SSSR count). The largest absolute Gasteiger partial charge is 0.349 e. The molecule has 1 aliphatic carbocycles. The average Bonchev–Trinajstić information content (AvgIpc) is 2.80. The zero-order chi connectivity index (χ0) is 11.4. The summed E-state index contributed by atoms with van der Waals surface area (Å²) < 4.78 is 0. The molecule has 4 N–H and O–H groups in total. The maximum Gasteiger partial charge on any atom is 0.223 e.